The van der Waals surface area contributed by atoms with Gasteiger partial charge in [-0.15, -0.1) is 0 Å². The fourth-order valence-electron chi connectivity index (χ4n) is 2.53. The van der Waals surface area contributed by atoms with Gasteiger partial charge in [0.2, 0.25) is 0 Å². The minimum absolute atomic E-state index is 0.913. The number of methoxy groups -OCH3 is 1. The highest BCUT2D eigenvalue weighted by Crippen LogP contribution is 2.48. The summed E-state index contributed by atoms with van der Waals surface area (Å²) in [5.41, 5.74) is 0. The van der Waals surface area contributed by atoms with E-state index in [1.807, 2.05) is 0 Å². The molecule has 1 N–H and O–H groups in total. The van der Waals surface area contributed by atoms with Gasteiger partial charge < -0.3 is 10.1 Å². The minimum atomic E-state index is 0.913. The molecule has 2 saturated carbocycles. The van der Waals surface area contributed by atoms with Gasteiger partial charge >= 0.3 is 0 Å². The number of rotatable bonds is 9. The lowest BCUT2D eigenvalue weighted by atomic mass is 9.98. The van der Waals surface area contributed by atoms with Crippen LogP contribution >= 0.6 is 0 Å². The molecule has 0 unspecified atom stereocenters. The van der Waals surface area contributed by atoms with Crippen molar-refractivity contribution in [1.82, 2.24) is 5.32 Å². The number of hydrogen-bond donors (Lipinski definition) is 1. The van der Waals surface area contributed by atoms with Gasteiger partial charge in [0.15, 0.2) is 0 Å². The van der Waals surface area contributed by atoms with E-state index in [9.17, 15) is 0 Å². The Morgan fingerprint density at radius 1 is 1.13 bits per heavy atom. The van der Waals surface area contributed by atoms with E-state index in [1.54, 1.807) is 7.11 Å². The van der Waals surface area contributed by atoms with Gasteiger partial charge in [0.25, 0.3) is 0 Å². The maximum absolute atomic E-state index is 5.04. The summed E-state index contributed by atoms with van der Waals surface area (Å²) in [5, 5.41) is 3.63. The van der Waals surface area contributed by atoms with E-state index >= 15 is 0 Å². The highest BCUT2D eigenvalue weighted by Gasteiger charge is 2.40. The molecule has 0 saturated heterocycles. The Morgan fingerprint density at radius 2 is 1.80 bits per heavy atom. The highest BCUT2D eigenvalue weighted by atomic mass is 16.5. The van der Waals surface area contributed by atoms with Crippen LogP contribution in [0.1, 0.15) is 38.5 Å². The standard InChI is InChI=1S/C13H25NO/c1-15-9-3-2-8-14-10-13(11-4-5-11)12-6-7-12/h11-14H,2-10H2,1H3. The summed E-state index contributed by atoms with van der Waals surface area (Å²) in [5.74, 6) is 3.19. The molecule has 0 radical (unpaired) electrons. The second kappa shape index (κ2) is 5.86. The van der Waals surface area contributed by atoms with Crippen LogP contribution in [0.3, 0.4) is 0 Å². The largest absolute Gasteiger partial charge is 0.385 e. The first-order valence-corrected chi connectivity index (χ1v) is 6.61. The SMILES string of the molecule is COCCCCNCC(C1CC1)C1CC1. The lowest BCUT2D eigenvalue weighted by Gasteiger charge is -2.16. The average Bonchev–Trinajstić information content (AvgIpc) is 3.09. The molecule has 15 heavy (non-hydrogen) atoms. The van der Waals surface area contributed by atoms with Crippen molar-refractivity contribution in [2.45, 2.75) is 38.5 Å². The third-order valence-electron chi connectivity index (χ3n) is 3.79. The van der Waals surface area contributed by atoms with Crippen LogP contribution in [-0.4, -0.2) is 26.8 Å². The third kappa shape index (κ3) is 4.12. The summed E-state index contributed by atoms with van der Waals surface area (Å²) >= 11 is 0. The highest BCUT2D eigenvalue weighted by molar-refractivity contribution is 4.92. The van der Waals surface area contributed by atoms with Gasteiger partial charge in [-0.3, -0.25) is 0 Å². The molecular weight excluding hydrogens is 186 g/mol. The zero-order valence-corrected chi connectivity index (χ0v) is 10.0. The van der Waals surface area contributed by atoms with Crippen molar-refractivity contribution in [3.63, 3.8) is 0 Å². The van der Waals surface area contributed by atoms with Gasteiger partial charge in [0, 0.05) is 13.7 Å². The van der Waals surface area contributed by atoms with Gasteiger partial charge in [-0.1, -0.05) is 0 Å². The second-order valence-corrected chi connectivity index (χ2v) is 5.24. The zero-order valence-electron chi connectivity index (χ0n) is 10.0. The smallest absolute Gasteiger partial charge is 0.0462 e. The summed E-state index contributed by atoms with van der Waals surface area (Å²) < 4.78 is 5.04. The predicted octanol–water partition coefficient (Wildman–Crippen LogP) is 2.44. The first kappa shape index (κ1) is 11.4. The summed E-state index contributed by atoms with van der Waals surface area (Å²) in [4.78, 5) is 0. The molecule has 88 valence electrons. The molecule has 0 aromatic heterocycles. The molecule has 0 bridgehead atoms. The molecule has 2 aliphatic rings. The Kier molecular flexibility index (Phi) is 4.45. The predicted molar refractivity (Wildman–Crippen MR) is 62.9 cm³/mol. The molecule has 2 nitrogen and oxygen atoms in total. The lowest BCUT2D eigenvalue weighted by molar-refractivity contribution is 0.192. The maximum Gasteiger partial charge on any atom is 0.0462 e. The molecule has 0 atom stereocenters. The van der Waals surface area contributed by atoms with Crippen LogP contribution in [0.4, 0.5) is 0 Å². The maximum atomic E-state index is 5.04. The van der Waals surface area contributed by atoms with Crippen LogP contribution < -0.4 is 5.32 Å². The second-order valence-electron chi connectivity index (χ2n) is 5.24. The molecule has 2 fully saturated rings. The van der Waals surface area contributed by atoms with Crippen molar-refractivity contribution in [2.24, 2.45) is 17.8 Å². The van der Waals surface area contributed by atoms with Crippen molar-refractivity contribution in [1.29, 1.82) is 0 Å². The molecule has 0 aliphatic heterocycles. The summed E-state index contributed by atoms with van der Waals surface area (Å²) in [7, 11) is 1.78. The molecule has 0 heterocycles. The van der Waals surface area contributed by atoms with Gasteiger partial charge in [-0.2, -0.15) is 0 Å². The Morgan fingerprint density at radius 3 is 2.33 bits per heavy atom. The molecule has 2 aliphatic carbocycles. The molecule has 0 amide bonds. The van der Waals surface area contributed by atoms with Crippen molar-refractivity contribution >= 4 is 0 Å². The first-order valence-electron chi connectivity index (χ1n) is 6.61. The van der Waals surface area contributed by atoms with Crippen LogP contribution in [0.15, 0.2) is 0 Å². The number of nitrogens with one attached hydrogen (secondary N) is 1. The van der Waals surface area contributed by atoms with Crippen LogP contribution in [0.25, 0.3) is 0 Å². The zero-order chi connectivity index (χ0) is 10.5. The monoisotopic (exact) mass is 211 g/mol. The summed E-state index contributed by atoms with van der Waals surface area (Å²) in [6.45, 7) is 3.37. The Bertz CT molecular complexity index is 163. The molecule has 2 heteroatoms. The van der Waals surface area contributed by atoms with Crippen molar-refractivity contribution in [2.75, 3.05) is 26.8 Å². The topological polar surface area (TPSA) is 21.3 Å². The fraction of sp³-hybridized carbons (Fsp3) is 1.00. The quantitative estimate of drug-likeness (QED) is 0.591. The average molecular weight is 211 g/mol. The number of hydrogen-bond acceptors (Lipinski definition) is 2. The van der Waals surface area contributed by atoms with Crippen LogP contribution in [-0.2, 0) is 4.74 Å². The van der Waals surface area contributed by atoms with Gasteiger partial charge in [-0.05, 0) is 69.4 Å². The van der Waals surface area contributed by atoms with Gasteiger partial charge in [-0.25, -0.2) is 0 Å². The minimum Gasteiger partial charge on any atom is -0.385 e. The van der Waals surface area contributed by atoms with Crippen LogP contribution in [0, 0.1) is 17.8 Å². The van der Waals surface area contributed by atoms with E-state index in [-0.39, 0.29) is 0 Å². The third-order valence-corrected chi connectivity index (χ3v) is 3.79. The fourth-order valence-corrected chi connectivity index (χ4v) is 2.53. The summed E-state index contributed by atoms with van der Waals surface area (Å²) in [6.07, 6.45) is 8.48. The Balaban J connectivity index is 1.48. The van der Waals surface area contributed by atoms with Crippen molar-refractivity contribution in [3.8, 4) is 0 Å². The van der Waals surface area contributed by atoms with E-state index in [2.05, 4.69) is 5.32 Å². The molecule has 2 rings (SSSR count). The van der Waals surface area contributed by atoms with Crippen LogP contribution in [0.2, 0.25) is 0 Å². The van der Waals surface area contributed by atoms with Crippen molar-refractivity contribution < 1.29 is 4.74 Å². The van der Waals surface area contributed by atoms with Gasteiger partial charge in [0.1, 0.15) is 0 Å². The van der Waals surface area contributed by atoms with Crippen LogP contribution in [0.5, 0.6) is 0 Å². The van der Waals surface area contributed by atoms with E-state index < -0.39 is 0 Å². The molecule has 0 spiro atoms. The van der Waals surface area contributed by atoms with E-state index in [1.165, 1.54) is 51.6 Å². The van der Waals surface area contributed by atoms with E-state index in [0.29, 0.717) is 0 Å². The molecule has 0 aromatic carbocycles. The van der Waals surface area contributed by atoms with E-state index in [0.717, 1.165) is 24.4 Å². The van der Waals surface area contributed by atoms with Crippen molar-refractivity contribution in [3.05, 3.63) is 0 Å². The van der Waals surface area contributed by atoms with Gasteiger partial charge in [0.05, 0.1) is 0 Å². The Labute approximate surface area is 93.8 Å². The number of unbranched alkanes of at least 4 members (excludes halogenated alkanes) is 1. The molecule has 0 aromatic rings. The lowest BCUT2D eigenvalue weighted by Crippen LogP contribution is -2.26. The summed E-state index contributed by atoms with van der Waals surface area (Å²) in [6, 6.07) is 0. The number of ether oxygens (including phenoxy) is 1. The Hall–Kier alpha value is -0.0800. The van der Waals surface area contributed by atoms with E-state index in [4.69, 9.17) is 4.74 Å². The first-order chi connectivity index (χ1) is 7.42. The normalized spacial score (nSPS) is 21.2. The molecular formula is C13H25NO.